The van der Waals surface area contributed by atoms with Crippen LogP contribution in [0.25, 0.3) is 0 Å². The van der Waals surface area contributed by atoms with Gasteiger partial charge in [-0.3, -0.25) is 14.3 Å². The summed E-state index contributed by atoms with van der Waals surface area (Å²) in [6.07, 6.45) is -0.675. The number of nitrogens with one attached hydrogen (secondary N) is 1. The van der Waals surface area contributed by atoms with E-state index < -0.39 is 29.7 Å². The van der Waals surface area contributed by atoms with Crippen LogP contribution >= 0.6 is 0 Å². The molecule has 1 fully saturated rings. The lowest BCUT2D eigenvalue weighted by molar-refractivity contribution is 0.00334. The van der Waals surface area contributed by atoms with Gasteiger partial charge in [0.15, 0.2) is 0 Å². The van der Waals surface area contributed by atoms with Crippen LogP contribution in [-0.4, -0.2) is 26.9 Å². The fourth-order valence-electron chi connectivity index (χ4n) is 1.50. The van der Waals surface area contributed by atoms with Crippen LogP contribution in [0.4, 0.5) is 0 Å². The first-order valence-corrected chi connectivity index (χ1v) is 4.48. The third-order valence-electron chi connectivity index (χ3n) is 2.30. The number of hydrogen-bond acceptors (Lipinski definition) is 4. The van der Waals surface area contributed by atoms with Crippen LogP contribution in [0.15, 0.2) is 21.9 Å². The van der Waals surface area contributed by atoms with Crippen molar-refractivity contribution in [3.05, 3.63) is 40.0 Å². The normalized spacial score (nSPS) is 30.7. The first kappa shape index (κ1) is 10.1. The Hall–Kier alpha value is -1.40. The van der Waals surface area contributed by atoms with E-state index in [1.165, 1.54) is 16.8 Å². The molecule has 3 atom stereocenters. The topological polar surface area (TPSA) is 84.3 Å². The predicted octanol–water partition coefficient (Wildman–Crippen LogP) is -1.10. The van der Waals surface area contributed by atoms with E-state index in [9.17, 15) is 14.7 Å². The summed E-state index contributed by atoms with van der Waals surface area (Å²) in [4.78, 5) is 24.2. The molecule has 0 aliphatic carbocycles. The first-order valence-electron chi connectivity index (χ1n) is 4.48. The maximum Gasteiger partial charge on any atom is 0.330 e. The minimum absolute atomic E-state index is 0.229. The van der Waals surface area contributed by atoms with E-state index in [1.54, 1.807) is 0 Å². The fourth-order valence-corrected chi connectivity index (χ4v) is 1.50. The van der Waals surface area contributed by atoms with Crippen LogP contribution in [0.2, 0.25) is 0 Å². The summed E-state index contributed by atoms with van der Waals surface area (Å²) in [5, 5.41) is 9.34. The molecule has 1 aliphatic heterocycles. The highest BCUT2D eigenvalue weighted by molar-refractivity contribution is 4.88. The SMILES string of the molecule is [CH][C@H]1O[C@@H](n2ccc(=O)[nH]c2=O)C[C@H]1O. The van der Waals surface area contributed by atoms with Crippen LogP contribution in [0.3, 0.4) is 0 Å². The highest BCUT2D eigenvalue weighted by atomic mass is 16.5. The maximum absolute atomic E-state index is 11.3. The standard InChI is InChI=1S/C9H10N2O4/c1-5-6(12)4-8(15-5)11-3-2-7(13)10-9(11)14/h1-3,5-6,8,12H,4H2,(H,10,13,14)/t5-,6-,8-/m1/s1. The molecule has 2 rings (SSSR count). The molecule has 80 valence electrons. The fraction of sp³-hybridized carbons (Fsp3) is 0.444. The van der Waals surface area contributed by atoms with E-state index in [0.717, 1.165) is 0 Å². The Kier molecular flexibility index (Phi) is 2.45. The summed E-state index contributed by atoms with van der Waals surface area (Å²) in [6.45, 7) is 5.43. The number of ether oxygens (including phenoxy) is 1. The van der Waals surface area contributed by atoms with E-state index in [2.05, 4.69) is 4.98 Å². The second kappa shape index (κ2) is 3.63. The van der Waals surface area contributed by atoms with E-state index in [1.807, 2.05) is 0 Å². The Balaban J connectivity index is 2.32. The number of rotatable bonds is 1. The Morgan fingerprint density at radius 2 is 2.33 bits per heavy atom. The predicted molar refractivity (Wildman–Crippen MR) is 50.2 cm³/mol. The van der Waals surface area contributed by atoms with Gasteiger partial charge in [-0.1, -0.05) is 0 Å². The second-order valence-corrected chi connectivity index (χ2v) is 3.38. The molecule has 0 spiro atoms. The molecule has 1 aromatic rings. The highest BCUT2D eigenvalue weighted by Crippen LogP contribution is 2.26. The molecule has 0 amide bonds. The van der Waals surface area contributed by atoms with Crippen molar-refractivity contribution >= 4 is 0 Å². The first-order chi connectivity index (χ1) is 7.08. The Labute approximate surface area is 85.1 Å². The van der Waals surface area contributed by atoms with Crippen molar-refractivity contribution in [2.45, 2.75) is 24.9 Å². The van der Waals surface area contributed by atoms with E-state index in [0.29, 0.717) is 0 Å². The average molecular weight is 210 g/mol. The van der Waals surface area contributed by atoms with Gasteiger partial charge in [0.25, 0.3) is 5.56 Å². The highest BCUT2D eigenvalue weighted by Gasteiger charge is 2.32. The van der Waals surface area contributed by atoms with Gasteiger partial charge in [-0.2, -0.15) is 0 Å². The van der Waals surface area contributed by atoms with Crippen LogP contribution in [0, 0.1) is 6.92 Å². The van der Waals surface area contributed by atoms with Crippen LogP contribution in [0.1, 0.15) is 12.6 Å². The van der Waals surface area contributed by atoms with Gasteiger partial charge in [-0.05, 0) is 6.92 Å². The molecule has 0 aromatic carbocycles. The Morgan fingerprint density at radius 3 is 2.87 bits per heavy atom. The number of aromatic amines is 1. The molecular weight excluding hydrogens is 200 g/mol. The minimum Gasteiger partial charge on any atom is -0.390 e. The molecule has 0 saturated carbocycles. The number of nitrogens with zero attached hydrogens (tertiary/aromatic N) is 1. The third kappa shape index (κ3) is 1.86. The lowest BCUT2D eigenvalue weighted by Crippen LogP contribution is -2.31. The van der Waals surface area contributed by atoms with Gasteiger partial charge in [-0.15, -0.1) is 0 Å². The monoisotopic (exact) mass is 210 g/mol. The molecule has 2 heterocycles. The third-order valence-corrected chi connectivity index (χ3v) is 2.30. The zero-order valence-electron chi connectivity index (χ0n) is 7.79. The summed E-state index contributed by atoms with van der Waals surface area (Å²) in [7, 11) is 0. The van der Waals surface area contributed by atoms with Crippen molar-refractivity contribution in [2.75, 3.05) is 0 Å². The van der Waals surface area contributed by atoms with Gasteiger partial charge in [0.05, 0.1) is 12.2 Å². The van der Waals surface area contributed by atoms with Crippen molar-refractivity contribution in [1.29, 1.82) is 0 Å². The lowest BCUT2D eigenvalue weighted by atomic mass is 10.2. The molecular formula is C9H10N2O4. The summed E-state index contributed by atoms with van der Waals surface area (Å²) >= 11 is 0. The summed E-state index contributed by atoms with van der Waals surface area (Å²) in [6, 6.07) is 1.21. The van der Waals surface area contributed by atoms with Crippen molar-refractivity contribution < 1.29 is 9.84 Å². The maximum atomic E-state index is 11.3. The minimum atomic E-state index is -0.797. The summed E-state index contributed by atoms with van der Waals surface area (Å²) < 4.78 is 6.34. The van der Waals surface area contributed by atoms with Gasteiger partial charge in [0.2, 0.25) is 0 Å². The van der Waals surface area contributed by atoms with Crippen molar-refractivity contribution in [2.24, 2.45) is 0 Å². The zero-order chi connectivity index (χ0) is 11.0. The van der Waals surface area contributed by atoms with Crippen molar-refractivity contribution in [3.63, 3.8) is 0 Å². The number of aliphatic hydroxyl groups is 1. The van der Waals surface area contributed by atoms with Gasteiger partial charge in [0.1, 0.15) is 6.23 Å². The molecule has 2 N–H and O–H groups in total. The molecule has 1 aromatic heterocycles. The molecule has 15 heavy (non-hydrogen) atoms. The van der Waals surface area contributed by atoms with Crippen molar-refractivity contribution in [1.82, 2.24) is 9.55 Å². The number of aliphatic hydroxyl groups excluding tert-OH is 1. The smallest absolute Gasteiger partial charge is 0.330 e. The molecule has 1 aliphatic rings. The van der Waals surface area contributed by atoms with Gasteiger partial charge >= 0.3 is 5.69 Å². The van der Waals surface area contributed by atoms with E-state index in [-0.39, 0.29) is 6.42 Å². The van der Waals surface area contributed by atoms with Crippen LogP contribution in [0.5, 0.6) is 0 Å². The molecule has 1 saturated heterocycles. The Morgan fingerprint density at radius 1 is 1.60 bits per heavy atom. The van der Waals surface area contributed by atoms with E-state index in [4.69, 9.17) is 11.7 Å². The van der Waals surface area contributed by atoms with Gasteiger partial charge in [-0.25, -0.2) is 4.79 Å². The van der Waals surface area contributed by atoms with Crippen LogP contribution < -0.4 is 11.2 Å². The molecule has 6 nitrogen and oxygen atoms in total. The lowest BCUT2D eigenvalue weighted by Gasteiger charge is -2.12. The number of aromatic nitrogens is 2. The van der Waals surface area contributed by atoms with Gasteiger partial charge in [0, 0.05) is 18.7 Å². The number of H-pyrrole nitrogens is 1. The number of hydrogen-bond donors (Lipinski definition) is 2. The quantitative estimate of drug-likeness (QED) is 0.616. The zero-order valence-corrected chi connectivity index (χ0v) is 7.79. The Bertz CT molecular complexity index is 454. The summed E-state index contributed by atoms with van der Waals surface area (Å²) in [5.41, 5.74) is -1.05. The molecule has 6 heteroatoms. The summed E-state index contributed by atoms with van der Waals surface area (Å²) in [5.74, 6) is 0. The average Bonchev–Trinajstić information content (AvgIpc) is 2.46. The molecule has 2 radical (unpaired) electrons. The van der Waals surface area contributed by atoms with Crippen molar-refractivity contribution in [3.8, 4) is 0 Å². The van der Waals surface area contributed by atoms with E-state index >= 15 is 0 Å². The largest absolute Gasteiger partial charge is 0.390 e. The molecule has 0 unspecified atom stereocenters. The molecule has 0 bridgehead atoms. The van der Waals surface area contributed by atoms with Crippen LogP contribution in [-0.2, 0) is 4.74 Å². The second-order valence-electron chi connectivity index (χ2n) is 3.38. The van der Waals surface area contributed by atoms with Gasteiger partial charge < -0.3 is 9.84 Å².